The van der Waals surface area contributed by atoms with Crippen LogP contribution in [0.15, 0.2) is 109 Å². The summed E-state index contributed by atoms with van der Waals surface area (Å²) in [4.78, 5) is 25.2. The van der Waals surface area contributed by atoms with Gasteiger partial charge in [-0.3, -0.25) is 9.59 Å². The fraction of sp³-hybridized carbons (Fsp3) is 0. The van der Waals surface area contributed by atoms with E-state index in [-0.39, 0.29) is 11.4 Å². The van der Waals surface area contributed by atoms with E-state index in [4.69, 9.17) is 9.47 Å². The molecule has 0 aliphatic rings. The van der Waals surface area contributed by atoms with E-state index in [9.17, 15) is 27.2 Å². The van der Waals surface area contributed by atoms with Crippen LogP contribution in [-0.4, -0.2) is 11.8 Å². The second-order valence-corrected chi connectivity index (χ2v) is 8.79. The molecule has 0 heterocycles. The van der Waals surface area contributed by atoms with Crippen molar-refractivity contribution in [3.05, 3.63) is 144 Å². The van der Waals surface area contributed by atoms with Gasteiger partial charge in [-0.2, -0.15) is 0 Å². The number of nitrogens with one attached hydrogen (secondary N) is 2. The molecule has 0 saturated carbocycles. The molecule has 0 saturated heterocycles. The first kappa shape index (κ1) is 27.9. The standard InChI is InChI=1S/C32H20F4N2O4/c33-27-25(31(39)37-19-11-15-23(16-12-19)41-21-7-3-1-4-8-21)28(34)30(36)26(29(27)35)32(40)38-20-13-17-24(18-14-20)42-22-9-5-2-6-10-22/h1-18H,(H,37,39)(H,38,40). The summed E-state index contributed by atoms with van der Waals surface area (Å²) < 4.78 is 70.7. The first-order valence-corrected chi connectivity index (χ1v) is 12.4. The van der Waals surface area contributed by atoms with Gasteiger partial charge in [-0.1, -0.05) is 36.4 Å². The number of para-hydroxylation sites is 2. The Balaban J connectivity index is 1.29. The van der Waals surface area contributed by atoms with Crippen LogP contribution in [0.2, 0.25) is 0 Å². The Labute approximate surface area is 237 Å². The number of carbonyl (C=O) groups is 2. The minimum absolute atomic E-state index is 0.0709. The van der Waals surface area contributed by atoms with Crippen LogP contribution in [0.1, 0.15) is 20.7 Å². The van der Waals surface area contributed by atoms with Crippen molar-refractivity contribution in [2.75, 3.05) is 10.6 Å². The zero-order valence-electron chi connectivity index (χ0n) is 21.5. The maximum absolute atomic E-state index is 14.9. The maximum atomic E-state index is 14.9. The first-order valence-electron chi connectivity index (χ1n) is 12.4. The fourth-order valence-electron chi connectivity index (χ4n) is 3.88. The second kappa shape index (κ2) is 12.3. The van der Waals surface area contributed by atoms with Gasteiger partial charge in [-0.15, -0.1) is 0 Å². The van der Waals surface area contributed by atoms with Crippen LogP contribution in [0.3, 0.4) is 0 Å². The van der Waals surface area contributed by atoms with Gasteiger partial charge in [0.05, 0.1) is 0 Å². The van der Waals surface area contributed by atoms with E-state index in [2.05, 4.69) is 10.6 Å². The third-order valence-corrected chi connectivity index (χ3v) is 5.90. The largest absolute Gasteiger partial charge is 0.457 e. The highest BCUT2D eigenvalue weighted by Gasteiger charge is 2.32. The molecule has 2 N–H and O–H groups in total. The third-order valence-electron chi connectivity index (χ3n) is 5.90. The highest BCUT2D eigenvalue weighted by atomic mass is 19.2. The predicted octanol–water partition coefficient (Wildman–Crippen LogP) is 8.33. The molecule has 0 unspecified atom stereocenters. The zero-order chi connectivity index (χ0) is 29.6. The number of amides is 2. The zero-order valence-corrected chi connectivity index (χ0v) is 21.5. The van der Waals surface area contributed by atoms with Crippen molar-refractivity contribution in [3.8, 4) is 23.0 Å². The summed E-state index contributed by atoms with van der Waals surface area (Å²) in [5, 5.41) is 4.35. The van der Waals surface area contributed by atoms with Crippen LogP contribution >= 0.6 is 0 Å². The lowest BCUT2D eigenvalue weighted by atomic mass is 10.1. The van der Waals surface area contributed by atoms with Crippen LogP contribution < -0.4 is 20.1 Å². The molecule has 0 atom stereocenters. The molecule has 0 aliphatic carbocycles. The SMILES string of the molecule is O=C(Nc1ccc(Oc2ccccc2)cc1)c1c(F)c(F)c(C(=O)Nc2ccc(Oc3ccccc3)cc2)c(F)c1F. The quantitative estimate of drug-likeness (QED) is 0.145. The summed E-state index contributed by atoms with van der Waals surface area (Å²) >= 11 is 0. The molecule has 42 heavy (non-hydrogen) atoms. The molecule has 0 bridgehead atoms. The molecule has 0 spiro atoms. The molecule has 0 aromatic heterocycles. The highest BCUT2D eigenvalue weighted by Crippen LogP contribution is 2.28. The number of hydrogen-bond acceptors (Lipinski definition) is 4. The number of rotatable bonds is 8. The topological polar surface area (TPSA) is 76.7 Å². The molecule has 10 heteroatoms. The Morgan fingerprint density at radius 3 is 1.02 bits per heavy atom. The van der Waals surface area contributed by atoms with Crippen LogP contribution in [0.5, 0.6) is 23.0 Å². The Morgan fingerprint density at radius 1 is 0.429 bits per heavy atom. The summed E-state index contributed by atoms with van der Waals surface area (Å²) in [5.74, 6) is -9.07. The van der Waals surface area contributed by atoms with E-state index < -0.39 is 46.2 Å². The molecule has 0 aliphatic heterocycles. The van der Waals surface area contributed by atoms with Crippen LogP contribution in [0, 0.1) is 23.3 Å². The predicted molar refractivity (Wildman–Crippen MR) is 148 cm³/mol. The number of anilines is 2. The average molecular weight is 573 g/mol. The minimum atomic E-state index is -2.02. The number of hydrogen-bond donors (Lipinski definition) is 2. The minimum Gasteiger partial charge on any atom is -0.457 e. The number of ether oxygens (including phenoxy) is 2. The number of halogens is 4. The van der Waals surface area contributed by atoms with Gasteiger partial charge in [0.15, 0.2) is 23.3 Å². The Kier molecular flexibility index (Phi) is 8.14. The third kappa shape index (κ3) is 6.23. The lowest BCUT2D eigenvalue weighted by molar-refractivity contribution is 0.0993. The van der Waals surface area contributed by atoms with Gasteiger partial charge in [-0.05, 0) is 72.8 Å². The molecular weight excluding hydrogens is 552 g/mol. The van der Waals surface area contributed by atoms with Crippen molar-refractivity contribution in [2.24, 2.45) is 0 Å². The van der Waals surface area contributed by atoms with Gasteiger partial charge >= 0.3 is 0 Å². The van der Waals surface area contributed by atoms with Gasteiger partial charge in [0.1, 0.15) is 34.1 Å². The molecule has 0 radical (unpaired) electrons. The first-order chi connectivity index (χ1) is 20.3. The summed E-state index contributed by atoms with van der Waals surface area (Å²) in [7, 11) is 0. The van der Waals surface area contributed by atoms with E-state index in [1.165, 1.54) is 48.5 Å². The van der Waals surface area contributed by atoms with Crippen molar-refractivity contribution < 1.29 is 36.6 Å². The summed E-state index contributed by atoms with van der Waals surface area (Å²) in [5.41, 5.74) is -2.90. The van der Waals surface area contributed by atoms with Crippen molar-refractivity contribution in [1.29, 1.82) is 0 Å². The average Bonchev–Trinajstić information content (AvgIpc) is 2.99. The Hall–Kier alpha value is -5.64. The van der Waals surface area contributed by atoms with Gasteiger partial charge in [0.2, 0.25) is 0 Å². The summed E-state index contributed by atoms with van der Waals surface area (Å²) in [6, 6.07) is 29.0. The smallest absolute Gasteiger partial charge is 0.261 e. The van der Waals surface area contributed by atoms with E-state index in [0.717, 1.165) is 0 Å². The van der Waals surface area contributed by atoms with Gasteiger partial charge < -0.3 is 20.1 Å². The number of benzene rings is 5. The lowest BCUT2D eigenvalue weighted by Crippen LogP contribution is -2.23. The van der Waals surface area contributed by atoms with Crippen molar-refractivity contribution in [3.63, 3.8) is 0 Å². The van der Waals surface area contributed by atoms with Crippen LogP contribution in [0.25, 0.3) is 0 Å². The fourth-order valence-corrected chi connectivity index (χ4v) is 3.88. The molecular formula is C32H20F4N2O4. The Morgan fingerprint density at radius 2 is 0.714 bits per heavy atom. The Bertz CT molecular complexity index is 1570. The van der Waals surface area contributed by atoms with E-state index in [1.807, 2.05) is 12.1 Å². The summed E-state index contributed by atoms with van der Waals surface area (Å²) in [6.45, 7) is 0. The normalized spacial score (nSPS) is 10.6. The number of carbonyl (C=O) groups excluding carboxylic acids is 2. The lowest BCUT2D eigenvalue weighted by Gasteiger charge is -2.13. The van der Waals surface area contributed by atoms with E-state index >= 15 is 0 Å². The molecule has 5 rings (SSSR count). The molecule has 2 amide bonds. The van der Waals surface area contributed by atoms with Gasteiger partial charge in [0, 0.05) is 11.4 Å². The van der Waals surface area contributed by atoms with E-state index in [1.54, 1.807) is 48.5 Å². The van der Waals surface area contributed by atoms with Crippen LogP contribution in [0.4, 0.5) is 28.9 Å². The van der Waals surface area contributed by atoms with Crippen molar-refractivity contribution >= 4 is 23.2 Å². The monoisotopic (exact) mass is 572 g/mol. The van der Waals surface area contributed by atoms with E-state index in [0.29, 0.717) is 23.0 Å². The van der Waals surface area contributed by atoms with Crippen LogP contribution in [-0.2, 0) is 0 Å². The molecule has 5 aromatic rings. The summed E-state index contributed by atoms with van der Waals surface area (Å²) in [6.07, 6.45) is 0. The second-order valence-electron chi connectivity index (χ2n) is 8.79. The molecule has 6 nitrogen and oxygen atoms in total. The highest BCUT2D eigenvalue weighted by molar-refractivity contribution is 6.08. The maximum Gasteiger partial charge on any atom is 0.261 e. The van der Waals surface area contributed by atoms with Crippen molar-refractivity contribution in [2.45, 2.75) is 0 Å². The van der Waals surface area contributed by atoms with Crippen molar-refractivity contribution in [1.82, 2.24) is 0 Å². The van der Waals surface area contributed by atoms with Gasteiger partial charge in [0.25, 0.3) is 11.8 Å². The van der Waals surface area contributed by atoms with Gasteiger partial charge in [-0.25, -0.2) is 17.6 Å². The molecule has 0 fully saturated rings. The molecule has 5 aromatic carbocycles. The molecule has 210 valence electrons.